The van der Waals surface area contributed by atoms with Crippen LogP contribution in [0.5, 0.6) is 0 Å². The van der Waals surface area contributed by atoms with E-state index in [1.807, 2.05) is 0 Å². The highest BCUT2D eigenvalue weighted by Gasteiger charge is 2.34. The molecule has 106 valence electrons. The highest BCUT2D eigenvalue weighted by Crippen LogP contribution is 2.20. The highest BCUT2D eigenvalue weighted by molar-refractivity contribution is 7.86. The summed E-state index contributed by atoms with van der Waals surface area (Å²) in [6.45, 7) is 9.00. The van der Waals surface area contributed by atoms with E-state index in [9.17, 15) is 13.2 Å². The Kier molecular flexibility index (Phi) is 5.98. The first-order chi connectivity index (χ1) is 8.03. The Bertz CT molecular complexity index is 398. The van der Waals surface area contributed by atoms with E-state index in [1.165, 1.54) is 17.4 Å². The van der Waals surface area contributed by atoms with Crippen LogP contribution in [0.15, 0.2) is 12.7 Å². The molecule has 0 atom stereocenters. The van der Waals surface area contributed by atoms with Gasteiger partial charge in [-0.1, -0.05) is 6.08 Å². The first kappa shape index (κ1) is 17.1. The van der Waals surface area contributed by atoms with Gasteiger partial charge in [0.15, 0.2) is 0 Å². The molecule has 0 unspecified atom stereocenters. The second-order valence-electron chi connectivity index (χ2n) is 4.96. The molecule has 0 radical (unpaired) electrons. The lowest BCUT2D eigenvalue weighted by atomic mass is 10.1. The molecule has 1 N–H and O–H groups in total. The maximum Gasteiger partial charge on any atom is 0.304 e. The SMILES string of the molecule is C=CCN(C(C)(C)C)S(=O)(=O)N(C)CCC(=O)O. The Balaban J connectivity index is 5.06. The molecule has 0 amide bonds. The number of carboxylic acid groups (broad SMARTS) is 1. The van der Waals surface area contributed by atoms with Gasteiger partial charge in [0, 0.05) is 25.7 Å². The van der Waals surface area contributed by atoms with Crippen molar-refractivity contribution in [2.45, 2.75) is 32.7 Å². The van der Waals surface area contributed by atoms with E-state index in [-0.39, 0.29) is 19.5 Å². The number of carboxylic acids is 1. The van der Waals surface area contributed by atoms with Crippen LogP contribution in [0.25, 0.3) is 0 Å². The Morgan fingerprint density at radius 2 is 1.89 bits per heavy atom. The van der Waals surface area contributed by atoms with E-state index in [2.05, 4.69) is 6.58 Å². The van der Waals surface area contributed by atoms with Gasteiger partial charge in [0.05, 0.1) is 6.42 Å². The lowest BCUT2D eigenvalue weighted by molar-refractivity contribution is -0.137. The first-order valence-corrected chi connectivity index (χ1v) is 7.00. The fourth-order valence-corrected chi connectivity index (χ4v) is 3.01. The molecule has 0 bridgehead atoms. The van der Waals surface area contributed by atoms with Crippen LogP contribution in [0.2, 0.25) is 0 Å². The van der Waals surface area contributed by atoms with Gasteiger partial charge in [0.2, 0.25) is 0 Å². The first-order valence-electron chi connectivity index (χ1n) is 5.60. The molecule has 0 rings (SSSR count). The zero-order valence-corrected chi connectivity index (χ0v) is 12.2. The fourth-order valence-electron chi connectivity index (χ4n) is 1.37. The molecule has 0 aromatic heterocycles. The van der Waals surface area contributed by atoms with Crippen LogP contribution in [0.3, 0.4) is 0 Å². The van der Waals surface area contributed by atoms with Crippen molar-refractivity contribution in [1.82, 2.24) is 8.61 Å². The molecular weight excluding hydrogens is 256 g/mol. The predicted molar refractivity (Wildman–Crippen MR) is 70.5 cm³/mol. The number of carbonyl (C=O) groups is 1. The van der Waals surface area contributed by atoms with Gasteiger partial charge < -0.3 is 5.11 Å². The molecule has 0 aliphatic heterocycles. The summed E-state index contributed by atoms with van der Waals surface area (Å²) in [4.78, 5) is 10.5. The van der Waals surface area contributed by atoms with E-state index >= 15 is 0 Å². The van der Waals surface area contributed by atoms with E-state index in [4.69, 9.17) is 5.11 Å². The molecule has 6 nitrogen and oxygen atoms in total. The number of rotatable bonds is 7. The van der Waals surface area contributed by atoms with Crippen molar-refractivity contribution in [2.75, 3.05) is 20.1 Å². The fraction of sp³-hybridized carbons (Fsp3) is 0.727. The third kappa shape index (κ3) is 4.75. The van der Waals surface area contributed by atoms with Crippen LogP contribution in [-0.4, -0.2) is 53.8 Å². The topological polar surface area (TPSA) is 77.9 Å². The standard InChI is InChI=1S/C11H22N2O4S/c1-6-8-13(11(2,3)4)18(16,17)12(5)9-7-10(14)15/h6H,1,7-9H2,2-5H3,(H,14,15). The zero-order chi connectivity index (χ0) is 14.6. The number of aliphatic carboxylic acids is 1. The second-order valence-corrected chi connectivity index (χ2v) is 6.92. The van der Waals surface area contributed by atoms with E-state index < -0.39 is 21.7 Å². The van der Waals surface area contributed by atoms with E-state index in [0.29, 0.717) is 0 Å². The van der Waals surface area contributed by atoms with Gasteiger partial charge >= 0.3 is 5.97 Å². The van der Waals surface area contributed by atoms with Gasteiger partial charge in [-0.05, 0) is 20.8 Å². The summed E-state index contributed by atoms with van der Waals surface area (Å²) in [5.74, 6) is -1.02. The predicted octanol–water partition coefficient (Wildman–Crippen LogP) is 0.924. The lowest BCUT2D eigenvalue weighted by Crippen LogP contribution is -2.51. The minimum Gasteiger partial charge on any atom is -0.481 e. The van der Waals surface area contributed by atoms with Crippen molar-refractivity contribution in [3.63, 3.8) is 0 Å². The summed E-state index contributed by atoms with van der Waals surface area (Å²) in [5.41, 5.74) is -0.593. The summed E-state index contributed by atoms with van der Waals surface area (Å²) >= 11 is 0. The third-order valence-electron chi connectivity index (χ3n) is 2.36. The molecule has 0 saturated carbocycles. The van der Waals surface area contributed by atoms with Crippen LogP contribution in [0, 0.1) is 0 Å². The van der Waals surface area contributed by atoms with Gasteiger partial charge in [-0.25, -0.2) is 0 Å². The summed E-state index contributed by atoms with van der Waals surface area (Å²) in [6.07, 6.45) is 1.29. The van der Waals surface area contributed by atoms with E-state index in [1.54, 1.807) is 20.8 Å². The van der Waals surface area contributed by atoms with Crippen molar-refractivity contribution in [3.05, 3.63) is 12.7 Å². The van der Waals surface area contributed by atoms with Crippen molar-refractivity contribution >= 4 is 16.2 Å². The van der Waals surface area contributed by atoms with Crippen LogP contribution in [0.1, 0.15) is 27.2 Å². The van der Waals surface area contributed by atoms with Crippen molar-refractivity contribution in [1.29, 1.82) is 0 Å². The lowest BCUT2D eigenvalue weighted by Gasteiger charge is -2.36. The number of hydrogen-bond donors (Lipinski definition) is 1. The van der Waals surface area contributed by atoms with Crippen LogP contribution in [-0.2, 0) is 15.0 Å². The number of hydrogen-bond acceptors (Lipinski definition) is 3. The second kappa shape index (κ2) is 6.31. The molecule has 0 saturated heterocycles. The van der Waals surface area contributed by atoms with E-state index in [0.717, 1.165) is 4.31 Å². The summed E-state index contributed by atoms with van der Waals surface area (Å²) in [5, 5.41) is 8.58. The zero-order valence-electron chi connectivity index (χ0n) is 11.4. The molecule has 7 heteroatoms. The van der Waals surface area contributed by atoms with Gasteiger partial charge in [-0.2, -0.15) is 17.0 Å². The minimum absolute atomic E-state index is 0.0542. The van der Waals surface area contributed by atoms with Crippen molar-refractivity contribution < 1.29 is 18.3 Å². The summed E-state index contributed by atoms with van der Waals surface area (Å²) < 4.78 is 26.9. The van der Waals surface area contributed by atoms with Gasteiger partial charge in [0.25, 0.3) is 10.2 Å². The quantitative estimate of drug-likeness (QED) is 0.703. The Morgan fingerprint density at radius 3 is 2.22 bits per heavy atom. The largest absolute Gasteiger partial charge is 0.481 e. The summed E-state index contributed by atoms with van der Waals surface area (Å²) in [6, 6.07) is 0. The van der Waals surface area contributed by atoms with Gasteiger partial charge in [0.1, 0.15) is 0 Å². The monoisotopic (exact) mass is 278 g/mol. The van der Waals surface area contributed by atoms with Gasteiger partial charge in [-0.3, -0.25) is 4.79 Å². The normalized spacial score (nSPS) is 13.0. The van der Waals surface area contributed by atoms with Crippen LogP contribution >= 0.6 is 0 Å². The van der Waals surface area contributed by atoms with Crippen molar-refractivity contribution in [2.24, 2.45) is 0 Å². The third-order valence-corrected chi connectivity index (χ3v) is 4.58. The van der Waals surface area contributed by atoms with Crippen LogP contribution < -0.4 is 0 Å². The highest BCUT2D eigenvalue weighted by atomic mass is 32.2. The molecule has 0 aliphatic rings. The smallest absolute Gasteiger partial charge is 0.304 e. The minimum atomic E-state index is -3.68. The van der Waals surface area contributed by atoms with Crippen LogP contribution in [0.4, 0.5) is 0 Å². The molecule has 0 aliphatic carbocycles. The maximum atomic E-state index is 12.3. The molecule has 0 aromatic rings. The molecule has 0 heterocycles. The Hall–Kier alpha value is -0.920. The average molecular weight is 278 g/mol. The molecule has 18 heavy (non-hydrogen) atoms. The summed E-state index contributed by atoms with van der Waals surface area (Å²) in [7, 11) is -2.31. The van der Waals surface area contributed by atoms with Crippen molar-refractivity contribution in [3.8, 4) is 0 Å². The molecule has 0 aromatic carbocycles. The van der Waals surface area contributed by atoms with Gasteiger partial charge in [-0.15, -0.1) is 6.58 Å². The average Bonchev–Trinajstić information content (AvgIpc) is 2.20. The number of nitrogens with zero attached hydrogens (tertiary/aromatic N) is 2. The molecular formula is C11H22N2O4S. The maximum absolute atomic E-state index is 12.3. The Labute approximate surface area is 109 Å². The molecule has 0 spiro atoms. The Morgan fingerprint density at radius 1 is 1.39 bits per heavy atom. The molecule has 0 fully saturated rings.